The molecule has 1 N–H and O–H groups in total. The molecule has 0 aromatic heterocycles. The van der Waals surface area contributed by atoms with Gasteiger partial charge in [0.25, 0.3) is 10.0 Å². The van der Waals surface area contributed by atoms with Gasteiger partial charge in [-0.25, -0.2) is 8.42 Å². The van der Waals surface area contributed by atoms with Gasteiger partial charge < -0.3 is 15.0 Å². The number of morpholine rings is 1. The third-order valence-electron chi connectivity index (χ3n) is 5.96. The number of hydrogen-bond acceptors (Lipinski definition) is 5. The number of amides is 1. The molecule has 0 saturated carbocycles. The van der Waals surface area contributed by atoms with Crippen molar-refractivity contribution in [3.63, 3.8) is 0 Å². The van der Waals surface area contributed by atoms with Crippen LogP contribution in [-0.4, -0.2) is 47.2 Å². The number of halogens is 4. The minimum absolute atomic E-state index is 0.0950. The Kier molecular flexibility index (Phi) is 8.49. The first-order valence-electron chi connectivity index (χ1n) is 11.7. The molecule has 0 aliphatic carbocycles. The number of alkyl halides is 3. The van der Waals surface area contributed by atoms with Crippen molar-refractivity contribution in [1.29, 1.82) is 0 Å². The number of ether oxygens (including phenoxy) is 1. The average molecular weight is 568 g/mol. The minimum atomic E-state index is -4.74. The van der Waals surface area contributed by atoms with Gasteiger partial charge in [0.2, 0.25) is 5.91 Å². The van der Waals surface area contributed by atoms with Gasteiger partial charge in [0.05, 0.1) is 34.4 Å². The van der Waals surface area contributed by atoms with E-state index < -0.39 is 39.9 Å². The molecule has 1 aliphatic rings. The van der Waals surface area contributed by atoms with Crippen LogP contribution in [0.4, 0.5) is 24.5 Å². The maximum Gasteiger partial charge on any atom is 0.416 e. The van der Waals surface area contributed by atoms with Gasteiger partial charge in [-0.1, -0.05) is 41.9 Å². The van der Waals surface area contributed by atoms with Crippen molar-refractivity contribution >= 4 is 38.9 Å². The Labute approximate surface area is 223 Å². The third-order valence-corrected chi connectivity index (χ3v) is 8.06. The molecule has 1 saturated heterocycles. The van der Waals surface area contributed by atoms with Crippen molar-refractivity contribution in [2.24, 2.45) is 0 Å². The second-order valence-electron chi connectivity index (χ2n) is 8.53. The van der Waals surface area contributed by atoms with Gasteiger partial charge in [-0.05, 0) is 48.0 Å². The Balaban J connectivity index is 1.55. The van der Waals surface area contributed by atoms with E-state index in [1.807, 2.05) is 24.3 Å². The predicted molar refractivity (Wildman–Crippen MR) is 139 cm³/mol. The summed E-state index contributed by atoms with van der Waals surface area (Å²) < 4.78 is 73.0. The van der Waals surface area contributed by atoms with Crippen LogP contribution in [0.3, 0.4) is 0 Å². The summed E-state index contributed by atoms with van der Waals surface area (Å²) in [7, 11) is -4.43. The van der Waals surface area contributed by atoms with Crippen molar-refractivity contribution in [3.05, 3.63) is 88.9 Å². The van der Waals surface area contributed by atoms with Gasteiger partial charge in [0, 0.05) is 25.3 Å². The number of hydrogen-bond donors (Lipinski definition) is 1. The summed E-state index contributed by atoms with van der Waals surface area (Å²) in [6.45, 7) is 2.17. The van der Waals surface area contributed by atoms with E-state index in [4.69, 9.17) is 16.3 Å². The van der Waals surface area contributed by atoms with Crippen molar-refractivity contribution < 1.29 is 31.1 Å². The topological polar surface area (TPSA) is 79.0 Å². The molecule has 0 radical (unpaired) electrons. The van der Waals surface area contributed by atoms with Crippen molar-refractivity contribution in [3.8, 4) is 0 Å². The van der Waals surface area contributed by atoms with Crippen LogP contribution in [0.1, 0.15) is 11.1 Å². The molecule has 1 fully saturated rings. The Morgan fingerprint density at radius 1 is 1.00 bits per heavy atom. The fourth-order valence-corrected chi connectivity index (χ4v) is 5.66. The molecule has 3 aromatic carbocycles. The number of carbonyl (C=O) groups is 1. The molecule has 202 valence electrons. The minimum Gasteiger partial charge on any atom is -0.378 e. The summed E-state index contributed by atoms with van der Waals surface area (Å²) in [5.41, 5.74) is 0.244. The molecule has 38 heavy (non-hydrogen) atoms. The van der Waals surface area contributed by atoms with Gasteiger partial charge >= 0.3 is 6.18 Å². The number of rotatable bonds is 8. The number of nitrogens with zero attached hydrogens (tertiary/aromatic N) is 2. The molecule has 7 nitrogen and oxygen atoms in total. The molecule has 1 aliphatic heterocycles. The standard InChI is InChI=1S/C26H25ClF3N3O4S/c27-23-11-8-20(26(28,29)30)16-24(23)33(38(35,36)22-4-2-1-3-5-22)18-25(34)31-17-19-6-9-21(10-7-19)32-12-14-37-15-13-32/h1-11,16H,12-15,17-18H2,(H,31,34). The largest absolute Gasteiger partial charge is 0.416 e. The van der Waals surface area contributed by atoms with Crippen LogP contribution in [0.5, 0.6) is 0 Å². The molecule has 0 bridgehead atoms. The molecule has 12 heteroatoms. The van der Waals surface area contributed by atoms with Crippen LogP contribution in [0, 0.1) is 0 Å². The predicted octanol–water partition coefficient (Wildman–Crippen LogP) is 4.71. The van der Waals surface area contributed by atoms with Crippen LogP contribution < -0.4 is 14.5 Å². The number of carbonyl (C=O) groups excluding carboxylic acids is 1. The van der Waals surface area contributed by atoms with Crippen molar-refractivity contribution in [2.75, 3.05) is 42.1 Å². The summed E-state index contributed by atoms with van der Waals surface area (Å²) in [5.74, 6) is -0.713. The molecular formula is C26H25ClF3N3O4S. The second-order valence-corrected chi connectivity index (χ2v) is 10.8. The zero-order valence-corrected chi connectivity index (χ0v) is 21.7. The Morgan fingerprint density at radius 2 is 1.66 bits per heavy atom. The monoisotopic (exact) mass is 567 g/mol. The summed E-state index contributed by atoms with van der Waals surface area (Å²) in [6.07, 6.45) is -4.74. The highest BCUT2D eigenvalue weighted by Crippen LogP contribution is 2.37. The van der Waals surface area contributed by atoms with E-state index in [0.29, 0.717) is 23.6 Å². The molecule has 4 rings (SSSR count). The zero-order valence-electron chi connectivity index (χ0n) is 20.1. The summed E-state index contributed by atoms with van der Waals surface area (Å²) in [4.78, 5) is 14.9. The van der Waals surface area contributed by atoms with E-state index in [1.165, 1.54) is 24.3 Å². The average Bonchev–Trinajstić information content (AvgIpc) is 2.91. The Morgan fingerprint density at radius 3 is 2.29 bits per heavy atom. The fourth-order valence-electron chi connectivity index (χ4n) is 3.93. The first-order chi connectivity index (χ1) is 18.1. The van der Waals surface area contributed by atoms with E-state index in [0.717, 1.165) is 36.5 Å². The summed E-state index contributed by atoms with van der Waals surface area (Å²) >= 11 is 6.15. The molecule has 0 atom stereocenters. The van der Waals surface area contributed by atoms with Gasteiger partial charge in [0.15, 0.2) is 0 Å². The van der Waals surface area contributed by atoms with Gasteiger partial charge in [-0.15, -0.1) is 0 Å². The van der Waals surface area contributed by atoms with E-state index in [1.54, 1.807) is 6.07 Å². The summed E-state index contributed by atoms with van der Waals surface area (Å²) in [6, 6.07) is 17.0. The maximum atomic E-state index is 13.4. The fraction of sp³-hybridized carbons (Fsp3) is 0.269. The molecular weight excluding hydrogens is 543 g/mol. The van der Waals surface area contributed by atoms with Crippen LogP contribution in [-0.2, 0) is 32.3 Å². The first-order valence-corrected chi connectivity index (χ1v) is 13.5. The number of anilines is 2. The lowest BCUT2D eigenvalue weighted by Crippen LogP contribution is -2.41. The van der Waals surface area contributed by atoms with E-state index in [9.17, 15) is 26.4 Å². The van der Waals surface area contributed by atoms with Crippen LogP contribution in [0.15, 0.2) is 77.7 Å². The molecule has 3 aromatic rings. The molecule has 1 heterocycles. The Hall–Kier alpha value is -3.28. The highest BCUT2D eigenvalue weighted by Gasteiger charge is 2.34. The smallest absolute Gasteiger partial charge is 0.378 e. The van der Waals surface area contributed by atoms with Gasteiger partial charge in [0.1, 0.15) is 6.54 Å². The lowest BCUT2D eigenvalue weighted by Gasteiger charge is -2.29. The molecule has 1 amide bonds. The number of benzene rings is 3. The SMILES string of the molecule is O=C(CN(c1cc(C(F)(F)F)ccc1Cl)S(=O)(=O)c1ccccc1)NCc1ccc(N2CCOCC2)cc1. The van der Waals surface area contributed by atoms with E-state index in [2.05, 4.69) is 10.2 Å². The molecule has 0 spiro atoms. The zero-order chi connectivity index (χ0) is 27.3. The maximum absolute atomic E-state index is 13.4. The van der Waals surface area contributed by atoms with E-state index in [-0.39, 0.29) is 16.5 Å². The van der Waals surface area contributed by atoms with Crippen LogP contribution >= 0.6 is 11.6 Å². The normalized spacial score (nSPS) is 14.3. The van der Waals surface area contributed by atoms with Crippen molar-refractivity contribution in [1.82, 2.24) is 5.32 Å². The second kappa shape index (κ2) is 11.6. The Bertz CT molecular complexity index is 1360. The number of sulfonamides is 1. The highest BCUT2D eigenvalue weighted by molar-refractivity contribution is 7.92. The molecule has 0 unspecified atom stereocenters. The van der Waals surface area contributed by atoms with E-state index >= 15 is 0 Å². The summed E-state index contributed by atoms with van der Waals surface area (Å²) in [5, 5.41) is 2.40. The number of nitrogens with one attached hydrogen (secondary N) is 1. The lowest BCUT2D eigenvalue weighted by molar-refractivity contribution is -0.137. The first kappa shape index (κ1) is 27.7. The van der Waals surface area contributed by atoms with Gasteiger partial charge in [-0.3, -0.25) is 9.10 Å². The van der Waals surface area contributed by atoms with Crippen LogP contribution in [0.2, 0.25) is 5.02 Å². The third kappa shape index (κ3) is 6.58. The lowest BCUT2D eigenvalue weighted by atomic mass is 10.2. The van der Waals surface area contributed by atoms with Gasteiger partial charge in [-0.2, -0.15) is 13.2 Å². The van der Waals surface area contributed by atoms with Crippen LogP contribution in [0.25, 0.3) is 0 Å². The quantitative estimate of drug-likeness (QED) is 0.427. The highest BCUT2D eigenvalue weighted by atomic mass is 35.5. The van der Waals surface area contributed by atoms with Crippen molar-refractivity contribution in [2.45, 2.75) is 17.6 Å².